The Bertz CT molecular complexity index is 143. The van der Waals surface area contributed by atoms with Gasteiger partial charge in [0.05, 0.1) is 6.61 Å². The van der Waals surface area contributed by atoms with Crippen molar-refractivity contribution in [3.63, 3.8) is 0 Å². The van der Waals surface area contributed by atoms with Crippen molar-refractivity contribution >= 4 is 0 Å². The van der Waals surface area contributed by atoms with Gasteiger partial charge in [0.15, 0.2) is 0 Å². The van der Waals surface area contributed by atoms with Crippen LogP contribution in [0.3, 0.4) is 0 Å². The van der Waals surface area contributed by atoms with Crippen LogP contribution in [-0.2, 0) is 4.74 Å². The normalized spacial score (nSPS) is 19.6. The lowest BCUT2D eigenvalue weighted by Gasteiger charge is -2.20. The SMILES string of the molecule is CCCCOCCN[C@H](C)C1CCCC1. The summed E-state index contributed by atoms with van der Waals surface area (Å²) < 4.78 is 5.52. The molecule has 0 aromatic rings. The molecule has 0 heterocycles. The van der Waals surface area contributed by atoms with E-state index in [1.165, 1.54) is 38.5 Å². The fraction of sp³-hybridized carbons (Fsp3) is 1.00. The summed E-state index contributed by atoms with van der Waals surface area (Å²) in [5, 5.41) is 3.58. The van der Waals surface area contributed by atoms with Crippen LogP contribution in [0.25, 0.3) is 0 Å². The molecule has 1 fully saturated rings. The second-order valence-electron chi connectivity index (χ2n) is 4.75. The van der Waals surface area contributed by atoms with Crippen LogP contribution in [0.4, 0.5) is 0 Å². The standard InChI is InChI=1S/C13H27NO/c1-3-4-10-15-11-9-14-12(2)13-7-5-6-8-13/h12-14H,3-11H2,1-2H3/t12-/m1/s1. The zero-order valence-electron chi connectivity index (χ0n) is 10.4. The monoisotopic (exact) mass is 213 g/mol. The van der Waals surface area contributed by atoms with E-state index in [0.717, 1.165) is 25.7 Å². The highest BCUT2D eigenvalue weighted by atomic mass is 16.5. The van der Waals surface area contributed by atoms with Gasteiger partial charge in [-0.3, -0.25) is 0 Å². The molecule has 1 atom stereocenters. The van der Waals surface area contributed by atoms with Gasteiger partial charge in [-0.25, -0.2) is 0 Å². The molecular weight excluding hydrogens is 186 g/mol. The van der Waals surface area contributed by atoms with E-state index in [1.807, 2.05) is 0 Å². The first kappa shape index (κ1) is 13.0. The Hall–Kier alpha value is -0.0800. The first-order valence-corrected chi connectivity index (χ1v) is 6.65. The van der Waals surface area contributed by atoms with Crippen molar-refractivity contribution in [2.24, 2.45) is 5.92 Å². The molecule has 1 N–H and O–H groups in total. The predicted octanol–water partition coefficient (Wildman–Crippen LogP) is 2.97. The van der Waals surface area contributed by atoms with Crippen LogP contribution in [0, 0.1) is 5.92 Å². The first-order valence-electron chi connectivity index (χ1n) is 6.65. The Labute approximate surface area is 94.8 Å². The Kier molecular flexibility index (Phi) is 7.03. The van der Waals surface area contributed by atoms with E-state index in [4.69, 9.17) is 4.74 Å². The molecule has 15 heavy (non-hydrogen) atoms. The minimum Gasteiger partial charge on any atom is -0.380 e. The molecule has 1 rings (SSSR count). The Morgan fingerprint density at radius 1 is 1.27 bits per heavy atom. The molecule has 0 aromatic carbocycles. The largest absolute Gasteiger partial charge is 0.380 e. The summed E-state index contributed by atoms with van der Waals surface area (Å²) in [7, 11) is 0. The zero-order valence-corrected chi connectivity index (χ0v) is 10.4. The summed E-state index contributed by atoms with van der Waals surface area (Å²) in [4.78, 5) is 0. The number of nitrogens with one attached hydrogen (secondary N) is 1. The second-order valence-corrected chi connectivity index (χ2v) is 4.75. The number of ether oxygens (including phenoxy) is 1. The lowest BCUT2D eigenvalue weighted by Crippen LogP contribution is -2.34. The third-order valence-electron chi connectivity index (χ3n) is 3.46. The zero-order chi connectivity index (χ0) is 10.9. The molecule has 0 spiro atoms. The van der Waals surface area contributed by atoms with Gasteiger partial charge >= 0.3 is 0 Å². The van der Waals surface area contributed by atoms with E-state index in [9.17, 15) is 0 Å². The summed E-state index contributed by atoms with van der Waals surface area (Å²) >= 11 is 0. The summed E-state index contributed by atoms with van der Waals surface area (Å²) in [5.74, 6) is 0.917. The van der Waals surface area contributed by atoms with Gasteiger partial charge in [0, 0.05) is 19.2 Å². The van der Waals surface area contributed by atoms with Crippen molar-refractivity contribution in [2.45, 2.75) is 58.4 Å². The molecule has 0 unspecified atom stereocenters. The molecule has 2 nitrogen and oxygen atoms in total. The molecule has 1 aliphatic rings. The van der Waals surface area contributed by atoms with Gasteiger partial charge in [-0.1, -0.05) is 26.2 Å². The molecule has 0 bridgehead atoms. The van der Waals surface area contributed by atoms with Gasteiger partial charge in [0.2, 0.25) is 0 Å². The average molecular weight is 213 g/mol. The molecule has 0 radical (unpaired) electrons. The van der Waals surface area contributed by atoms with Crippen LogP contribution in [0.15, 0.2) is 0 Å². The van der Waals surface area contributed by atoms with E-state index in [-0.39, 0.29) is 0 Å². The van der Waals surface area contributed by atoms with E-state index < -0.39 is 0 Å². The van der Waals surface area contributed by atoms with Gasteiger partial charge in [0.1, 0.15) is 0 Å². The molecule has 0 aliphatic heterocycles. The van der Waals surface area contributed by atoms with Gasteiger partial charge < -0.3 is 10.1 Å². The van der Waals surface area contributed by atoms with Crippen LogP contribution in [-0.4, -0.2) is 25.8 Å². The van der Waals surface area contributed by atoms with Gasteiger partial charge in [-0.15, -0.1) is 0 Å². The number of hydrogen-bond acceptors (Lipinski definition) is 2. The van der Waals surface area contributed by atoms with Crippen molar-refractivity contribution in [3.05, 3.63) is 0 Å². The highest BCUT2D eigenvalue weighted by Gasteiger charge is 2.20. The molecule has 2 heteroatoms. The maximum absolute atomic E-state index is 5.52. The first-order chi connectivity index (χ1) is 7.34. The van der Waals surface area contributed by atoms with E-state index in [1.54, 1.807) is 0 Å². The van der Waals surface area contributed by atoms with Crippen molar-refractivity contribution in [2.75, 3.05) is 19.8 Å². The van der Waals surface area contributed by atoms with E-state index >= 15 is 0 Å². The molecule has 1 aliphatic carbocycles. The maximum atomic E-state index is 5.52. The van der Waals surface area contributed by atoms with E-state index in [0.29, 0.717) is 6.04 Å². The highest BCUT2D eigenvalue weighted by molar-refractivity contribution is 4.76. The van der Waals surface area contributed by atoms with E-state index in [2.05, 4.69) is 19.2 Å². The van der Waals surface area contributed by atoms with Crippen molar-refractivity contribution in [3.8, 4) is 0 Å². The molecule has 0 amide bonds. The van der Waals surface area contributed by atoms with Crippen molar-refractivity contribution in [1.82, 2.24) is 5.32 Å². The average Bonchev–Trinajstić information content (AvgIpc) is 2.76. The van der Waals surface area contributed by atoms with Crippen LogP contribution in [0.2, 0.25) is 0 Å². The maximum Gasteiger partial charge on any atom is 0.0590 e. The fourth-order valence-electron chi connectivity index (χ4n) is 2.33. The fourth-order valence-corrected chi connectivity index (χ4v) is 2.33. The molecular formula is C13H27NO. The summed E-state index contributed by atoms with van der Waals surface area (Å²) in [6.45, 7) is 7.33. The topological polar surface area (TPSA) is 21.3 Å². The van der Waals surface area contributed by atoms with Gasteiger partial charge in [-0.05, 0) is 32.1 Å². The minimum absolute atomic E-state index is 0.683. The van der Waals surface area contributed by atoms with Crippen molar-refractivity contribution in [1.29, 1.82) is 0 Å². The molecule has 0 aromatic heterocycles. The number of unbranched alkanes of at least 4 members (excludes halogenated alkanes) is 1. The number of hydrogen-bond donors (Lipinski definition) is 1. The molecule has 90 valence electrons. The van der Waals surface area contributed by atoms with Crippen molar-refractivity contribution < 1.29 is 4.74 Å². The van der Waals surface area contributed by atoms with Crippen LogP contribution in [0.1, 0.15) is 52.4 Å². The van der Waals surface area contributed by atoms with Crippen LogP contribution < -0.4 is 5.32 Å². The third-order valence-corrected chi connectivity index (χ3v) is 3.46. The van der Waals surface area contributed by atoms with Crippen LogP contribution in [0.5, 0.6) is 0 Å². The lowest BCUT2D eigenvalue weighted by atomic mass is 10.00. The Morgan fingerprint density at radius 2 is 2.00 bits per heavy atom. The molecule has 0 saturated heterocycles. The Morgan fingerprint density at radius 3 is 2.67 bits per heavy atom. The second kappa shape index (κ2) is 8.12. The third kappa shape index (κ3) is 5.53. The Balaban J connectivity index is 1.90. The number of rotatable bonds is 8. The minimum atomic E-state index is 0.683. The predicted molar refractivity (Wildman–Crippen MR) is 65.1 cm³/mol. The lowest BCUT2D eigenvalue weighted by molar-refractivity contribution is 0.129. The highest BCUT2D eigenvalue weighted by Crippen LogP contribution is 2.27. The van der Waals surface area contributed by atoms with Gasteiger partial charge in [0.25, 0.3) is 0 Å². The quantitative estimate of drug-likeness (QED) is 0.626. The summed E-state index contributed by atoms with van der Waals surface area (Å²) in [6.07, 6.45) is 8.13. The van der Waals surface area contributed by atoms with Crippen LogP contribution >= 0.6 is 0 Å². The summed E-state index contributed by atoms with van der Waals surface area (Å²) in [6, 6.07) is 0.683. The van der Waals surface area contributed by atoms with Gasteiger partial charge in [-0.2, -0.15) is 0 Å². The molecule has 1 saturated carbocycles. The summed E-state index contributed by atoms with van der Waals surface area (Å²) in [5.41, 5.74) is 0. The smallest absolute Gasteiger partial charge is 0.0590 e.